The summed E-state index contributed by atoms with van der Waals surface area (Å²) in [6, 6.07) is 7.79. The van der Waals surface area contributed by atoms with E-state index in [-0.39, 0.29) is 0 Å². The van der Waals surface area contributed by atoms with Crippen LogP contribution >= 0.6 is 34.2 Å². The first-order chi connectivity index (χ1) is 9.15. The third kappa shape index (κ3) is 2.37. The molecule has 19 heavy (non-hydrogen) atoms. The lowest BCUT2D eigenvalue weighted by atomic mass is 10.2. The Kier molecular flexibility index (Phi) is 3.28. The summed E-state index contributed by atoms with van der Waals surface area (Å²) >= 11 is 8.29. The van der Waals surface area contributed by atoms with Gasteiger partial charge < -0.3 is 5.32 Å². The maximum atomic E-state index is 5.98. The molecule has 2 aromatic heterocycles. The van der Waals surface area contributed by atoms with Gasteiger partial charge in [-0.25, -0.2) is 0 Å². The quantitative estimate of drug-likeness (QED) is 0.542. The van der Waals surface area contributed by atoms with Gasteiger partial charge in [0.25, 0.3) is 5.78 Å². The van der Waals surface area contributed by atoms with Crippen molar-refractivity contribution in [3.63, 3.8) is 0 Å². The molecule has 0 atom stereocenters. The summed E-state index contributed by atoms with van der Waals surface area (Å²) in [5, 5.41) is 7.82. The lowest BCUT2D eigenvalue weighted by Gasteiger charge is -2.11. The van der Waals surface area contributed by atoms with Crippen molar-refractivity contribution in [1.82, 2.24) is 19.6 Å². The minimum atomic E-state index is 0.381. The van der Waals surface area contributed by atoms with E-state index in [1.165, 1.54) is 15.5 Å². The summed E-state index contributed by atoms with van der Waals surface area (Å²) in [5.74, 6) is 1.20. The SMILES string of the molecule is Cc1c(I)cccc1Nc1cc(Cl)nc2ncnn12. The van der Waals surface area contributed by atoms with Crippen LogP contribution in [0.3, 0.4) is 0 Å². The first-order valence-electron chi connectivity index (χ1n) is 5.53. The minimum absolute atomic E-state index is 0.381. The molecule has 0 saturated heterocycles. The number of hydrogen-bond acceptors (Lipinski definition) is 4. The van der Waals surface area contributed by atoms with Crippen LogP contribution in [0.1, 0.15) is 5.56 Å². The molecule has 0 spiro atoms. The Labute approximate surface area is 128 Å². The molecular weight excluding hydrogens is 377 g/mol. The zero-order valence-corrected chi connectivity index (χ0v) is 12.8. The maximum absolute atomic E-state index is 5.98. The highest BCUT2D eigenvalue weighted by atomic mass is 127. The van der Waals surface area contributed by atoms with Crippen LogP contribution in [0.5, 0.6) is 0 Å². The standard InChI is InChI=1S/C12H9ClIN5/c1-7-8(14)3-2-4-9(7)17-11-5-10(13)18-12-15-6-16-19(11)12/h2-6,17H,1H3. The molecule has 0 unspecified atom stereocenters. The van der Waals surface area contributed by atoms with Crippen LogP contribution in [0, 0.1) is 10.5 Å². The van der Waals surface area contributed by atoms with Crippen molar-refractivity contribution < 1.29 is 0 Å². The summed E-state index contributed by atoms with van der Waals surface area (Å²) < 4.78 is 2.81. The number of benzene rings is 1. The molecular formula is C12H9ClIN5. The number of hydrogen-bond donors (Lipinski definition) is 1. The third-order valence-electron chi connectivity index (χ3n) is 2.75. The Morgan fingerprint density at radius 3 is 3.05 bits per heavy atom. The van der Waals surface area contributed by atoms with Gasteiger partial charge in [0, 0.05) is 15.3 Å². The molecule has 96 valence electrons. The van der Waals surface area contributed by atoms with E-state index in [4.69, 9.17) is 11.6 Å². The second-order valence-corrected chi connectivity index (χ2v) is 5.52. The first-order valence-corrected chi connectivity index (χ1v) is 6.99. The first kappa shape index (κ1) is 12.6. The van der Waals surface area contributed by atoms with Crippen molar-refractivity contribution in [2.45, 2.75) is 6.92 Å². The maximum Gasteiger partial charge on any atom is 0.255 e. The average Bonchev–Trinajstić information content (AvgIpc) is 2.83. The monoisotopic (exact) mass is 385 g/mol. The number of rotatable bonds is 2. The molecule has 3 aromatic rings. The molecule has 1 N–H and O–H groups in total. The fraction of sp³-hybridized carbons (Fsp3) is 0.0833. The van der Waals surface area contributed by atoms with Crippen molar-refractivity contribution in [2.75, 3.05) is 5.32 Å². The van der Waals surface area contributed by atoms with Crippen LogP contribution in [0.15, 0.2) is 30.6 Å². The van der Waals surface area contributed by atoms with Gasteiger partial charge in [-0.3, -0.25) is 0 Å². The lowest BCUT2D eigenvalue weighted by Crippen LogP contribution is -2.03. The highest BCUT2D eigenvalue weighted by Crippen LogP contribution is 2.25. The fourth-order valence-electron chi connectivity index (χ4n) is 1.75. The summed E-state index contributed by atoms with van der Waals surface area (Å²) in [4.78, 5) is 8.13. The topological polar surface area (TPSA) is 55.1 Å². The smallest absolute Gasteiger partial charge is 0.255 e. The van der Waals surface area contributed by atoms with Crippen LogP contribution in [0.2, 0.25) is 5.15 Å². The highest BCUT2D eigenvalue weighted by molar-refractivity contribution is 14.1. The Morgan fingerprint density at radius 1 is 1.37 bits per heavy atom. The molecule has 3 rings (SSSR count). The molecule has 2 heterocycles. The molecule has 5 nitrogen and oxygen atoms in total. The fourth-order valence-corrected chi connectivity index (χ4v) is 2.43. The number of aromatic nitrogens is 4. The van der Waals surface area contributed by atoms with Crippen LogP contribution in [-0.4, -0.2) is 19.6 Å². The summed E-state index contributed by atoms with van der Waals surface area (Å²) in [5.41, 5.74) is 2.18. The molecule has 7 heteroatoms. The molecule has 0 amide bonds. The summed E-state index contributed by atoms with van der Waals surface area (Å²) in [7, 11) is 0. The predicted molar refractivity (Wildman–Crippen MR) is 83.0 cm³/mol. The van der Waals surface area contributed by atoms with Gasteiger partial charge in [-0.1, -0.05) is 17.7 Å². The largest absolute Gasteiger partial charge is 0.340 e. The Morgan fingerprint density at radius 2 is 2.21 bits per heavy atom. The number of nitrogens with zero attached hydrogens (tertiary/aromatic N) is 4. The minimum Gasteiger partial charge on any atom is -0.340 e. The number of anilines is 2. The van der Waals surface area contributed by atoms with E-state index in [0.717, 1.165) is 11.5 Å². The van der Waals surface area contributed by atoms with E-state index in [1.54, 1.807) is 10.6 Å². The molecule has 1 aromatic carbocycles. The normalized spacial score (nSPS) is 10.9. The van der Waals surface area contributed by atoms with Crippen molar-refractivity contribution in [2.24, 2.45) is 0 Å². The average molecular weight is 386 g/mol. The number of nitrogens with one attached hydrogen (secondary N) is 1. The van der Waals surface area contributed by atoms with Gasteiger partial charge in [0.2, 0.25) is 0 Å². The highest BCUT2D eigenvalue weighted by Gasteiger charge is 2.08. The molecule has 0 radical (unpaired) electrons. The Balaban J connectivity index is 2.10. The van der Waals surface area contributed by atoms with Crippen molar-refractivity contribution in [3.05, 3.63) is 44.9 Å². The van der Waals surface area contributed by atoms with Crippen molar-refractivity contribution >= 4 is 51.5 Å². The second kappa shape index (κ2) is 4.93. The molecule has 0 fully saturated rings. The molecule has 0 aliphatic carbocycles. The zero-order valence-electron chi connectivity index (χ0n) is 9.93. The van der Waals surface area contributed by atoms with Crippen molar-refractivity contribution in [1.29, 1.82) is 0 Å². The van der Waals surface area contributed by atoms with Crippen LogP contribution in [0.25, 0.3) is 5.78 Å². The van der Waals surface area contributed by atoms with Gasteiger partial charge in [0.1, 0.15) is 17.3 Å². The summed E-state index contributed by atoms with van der Waals surface area (Å²) in [6.07, 6.45) is 1.45. The van der Waals surface area contributed by atoms with Gasteiger partial charge >= 0.3 is 0 Å². The van der Waals surface area contributed by atoms with Crippen molar-refractivity contribution in [3.8, 4) is 0 Å². The third-order valence-corrected chi connectivity index (χ3v) is 4.11. The van der Waals surface area contributed by atoms with E-state index in [1.807, 2.05) is 12.1 Å². The lowest BCUT2D eigenvalue weighted by molar-refractivity contribution is 0.947. The molecule has 0 bridgehead atoms. The van der Waals surface area contributed by atoms with E-state index < -0.39 is 0 Å². The summed E-state index contributed by atoms with van der Waals surface area (Å²) in [6.45, 7) is 2.06. The molecule has 0 saturated carbocycles. The van der Waals surface area contributed by atoms with Gasteiger partial charge in [-0.2, -0.15) is 19.6 Å². The molecule has 0 aliphatic heterocycles. The zero-order chi connectivity index (χ0) is 13.4. The van der Waals surface area contributed by atoms with Gasteiger partial charge in [0.15, 0.2) is 0 Å². The van der Waals surface area contributed by atoms with Gasteiger partial charge in [-0.05, 0) is 47.2 Å². The van der Waals surface area contributed by atoms with Crippen LogP contribution < -0.4 is 5.32 Å². The predicted octanol–water partition coefficient (Wildman–Crippen LogP) is 3.43. The number of halogens is 2. The molecule has 0 aliphatic rings. The van der Waals surface area contributed by atoms with E-state index in [2.05, 4.69) is 56.0 Å². The van der Waals surface area contributed by atoms with E-state index in [9.17, 15) is 0 Å². The van der Waals surface area contributed by atoms with Gasteiger partial charge in [0.05, 0.1) is 0 Å². The number of fused-ring (bicyclic) bond motifs is 1. The van der Waals surface area contributed by atoms with E-state index in [0.29, 0.717) is 10.9 Å². The Bertz CT molecular complexity index is 755. The second-order valence-electron chi connectivity index (χ2n) is 3.97. The van der Waals surface area contributed by atoms with Gasteiger partial charge in [-0.15, -0.1) is 0 Å². The Hall–Kier alpha value is -1.41. The van der Waals surface area contributed by atoms with Crippen LogP contribution in [0.4, 0.5) is 11.5 Å². The van der Waals surface area contributed by atoms with E-state index >= 15 is 0 Å². The van der Waals surface area contributed by atoms with Crippen LogP contribution in [-0.2, 0) is 0 Å².